The average Bonchev–Trinajstić information content (AvgIpc) is 2.92. The maximum atomic E-state index is 14.7. The summed E-state index contributed by atoms with van der Waals surface area (Å²) < 4.78 is 40.7. The molecule has 38 heavy (non-hydrogen) atoms. The fourth-order valence-corrected chi connectivity index (χ4v) is 3.42. The van der Waals surface area contributed by atoms with Gasteiger partial charge in [0, 0.05) is 6.42 Å². The van der Waals surface area contributed by atoms with Crippen LogP contribution in [0.15, 0.2) is 91.1 Å². The van der Waals surface area contributed by atoms with Crippen LogP contribution in [0.2, 0.25) is 0 Å². The fourth-order valence-electron chi connectivity index (χ4n) is 3.42. The third-order valence-corrected chi connectivity index (χ3v) is 5.95. The van der Waals surface area contributed by atoms with E-state index in [4.69, 9.17) is 9.47 Å². The number of alkyl halides is 2. The summed E-state index contributed by atoms with van der Waals surface area (Å²) in [5, 5.41) is 2.30. The molecule has 0 saturated heterocycles. The van der Waals surface area contributed by atoms with Crippen molar-refractivity contribution in [2.24, 2.45) is 5.92 Å². The number of amides is 1. The zero-order valence-electron chi connectivity index (χ0n) is 22.3. The van der Waals surface area contributed by atoms with Gasteiger partial charge in [0.2, 0.25) is 5.78 Å². The number of allylic oxidation sites excluding steroid dienone is 3. The van der Waals surface area contributed by atoms with Gasteiger partial charge in [-0.25, -0.2) is 0 Å². The van der Waals surface area contributed by atoms with Crippen LogP contribution in [0, 0.1) is 5.92 Å². The van der Waals surface area contributed by atoms with Crippen LogP contribution in [0.3, 0.4) is 0 Å². The van der Waals surface area contributed by atoms with Crippen LogP contribution in [-0.4, -0.2) is 36.9 Å². The number of ketones is 1. The van der Waals surface area contributed by atoms with Crippen LogP contribution in [-0.2, 0) is 27.4 Å². The van der Waals surface area contributed by atoms with Crippen molar-refractivity contribution in [2.45, 2.75) is 52.2 Å². The summed E-state index contributed by atoms with van der Waals surface area (Å²) in [7, 11) is 0. The summed E-state index contributed by atoms with van der Waals surface area (Å²) >= 11 is 0. The number of nitrogens with one attached hydrogen (secondary N) is 1. The third kappa shape index (κ3) is 10.1. The highest BCUT2D eigenvalue weighted by atomic mass is 19.3. The minimum atomic E-state index is -4.13. The predicted molar refractivity (Wildman–Crippen MR) is 146 cm³/mol. The molecule has 1 N–H and O–H groups in total. The van der Waals surface area contributed by atoms with Crippen molar-refractivity contribution >= 4 is 11.7 Å². The van der Waals surface area contributed by atoms with E-state index in [2.05, 4.69) is 11.9 Å². The number of halogens is 2. The smallest absolute Gasteiger partial charge is 0.381 e. The molecule has 2 rings (SSSR count). The molecule has 204 valence electrons. The summed E-state index contributed by atoms with van der Waals surface area (Å²) in [5.41, 5.74) is 2.60. The maximum absolute atomic E-state index is 14.7. The lowest BCUT2D eigenvalue weighted by Gasteiger charge is -2.25. The Labute approximate surface area is 224 Å². The second-order valence-electron chi connectivity index (χ2n) is 9.21. The van der Waals surface area contributed by atoms with E-state index in [0.717, 1.165) is 11.1 Å². The highest BCUT2D eigenvalue weighted by molar-refractivity contribution is 6.07. The van der Waals surface area contributed by atoms with Gasteiger partial charge in [-0.05, 0) is 48.1 Å². The van der Waals surface area contributed by atoms with Gasteiger partial charge in [-0.15, -0.1) is 0 Å². The Morgan fingerprint density at radius 3 is 2.34 bits per heavy atom. The maximum Gasteiger partial charge on any atom is 0.381 e. The lowest BCUT2D eigenvalue weighted by atomic mass is 10.0. The number of rotatable bonds is 16. The van der Waals surface area contributed by atoms with E-state index in [1.54, 1.807) is 50.3 Å². The monoisotopic (exact) mass is 525 g/mol. The number of hydrogen-bond donors (Lipinski definition) is 1. The van der Waals surface area contributed by atoms with Crippen LogP contribution < -0.4 is 10.1 Å². The summed E-state index contributed by atoms with van der Waals surface area (Å²) in [6.07, 6.45) is 6.71. The largest absolute Gasteiger partial charge is 0.489 e. The summed E-state index contributed by atoms with van der Waals surface area (Å²) in [5.74, 6) is -6.70. The van der Waals surface area contributed by atoms with Crippen LogP contribution in [0.4, 0.5) is 8.78 Å². The summed E-state index contributed by atoms with van der Waals surface area (Å²) in [6, 6.07) is 15.9. The molecule has 2 aromatic rings. The number of carbonyl (C=O) groups is 2. The lowest BCUT2D eigenvalue weighted by Crippen LogP contribution is -2.52. The van der Waals surface area contributed by atoms with Crippen LogP contribution in [0.5, 0.6) is 5.75 Å². The molecule has 0 saturated carbocycles. The molecule has 0 aliphatic heterocycles. The van der Waals surface area contributed by atoms with Gasteiger partial charge in [0.05, 0.1) is 19.3 Å². The van der Waals surface area contributed by atoms with Crippen molar-refractivity contribution in [3.05, 3.63) is 102 Å². The first-order valence-electron chi connectivity index (χ1n) is 12.7. The molecule has 1 amide bonds. The van der Waals surface area contributed by atoms with Gasteiger partial charge in [0.15, 0.2) is 0 Å². The van der Waals surface area contributed by atoms with Gasteiger partial charge >= 0.3 is 5.92 Å². The Morgan fingerprint density at radius 1 is 1.05 bits per heavy atom. The van der Waals surface area contributed by atoms with Gasteiger partial charge in [-0.2, -0.15) is 8.78 Å². The van der Waals surface area contributed by atoms with Crippen molar-refractivity contribution < 1.29 is 27.8 Å². The fraction of sp³-hybridized carbons (Fsp3) is 0.355. The first-order chi connectivity index (χ1) is 18.2. The first-order valence-corrected chi connectivity index (χ1v) is 12.7. The third-order valence-electron chi connectivity index (χ3n) is 5.95. The quantitative estimate of drug-likeness (QED) is 0.208. The van der Waals surface area contributed by atoms with Gasteiger partial charge in [-0.3, -0.25) is 9.59 Å². The van der Waals surface area contributed by atoms with E-state index in [9.17, 15) is 18.4 Å². The standard InChI is InChI=1S/C31H37F2NO4/c1-5-7-11-24(6-2)20-37-22-28(23(3)4)34-30(36)31(32,33)29(35)19-16-25-14-17-27(18-15-25)38-21-26-12-9-8-10-13-26/h5-15,17-18,23,28H,1,16,19-22H2,2-4H3,(H,34,36)/b11-7-,24-6+. The predicted octanol–water partition coefficient (Wildman–Crippen LogP) is 6.25. The molecule has 7 heteroatoms. The summed E-state index contributed by atoms with van der Waals surface area (Å²) in [4.78, 5) is 24.7. The normalized spacial score (nSPS) is 12.9. The van der Waals surface area contributed by atoms with Crippen molar-refractivity contribution in [2.75, 3.05) is 13.2 Å². The molecule has 0 bridgehead atoms. The first kappa shape index (κ1) is 30.6. The molecule has 0 heterocycles. The Kier molecular flexibility index (Phi) is 12.6. The van der Waals surface area contributed by atoms with Gasteiger partial charge in [0.25, 0.3) is 5.91 Å². The van der Waals surface area contributed by atoms with Crippen molar-refractivity contribution in [3.8, 4) is 5.75 Å². The SMILES string of the molecule is C=C/C=C\C(=C/C)COCC(NC(=O)C(F)(F)C(=O)CCc1ccc(OCc2ccccc2)cc1)C(C)C. The lowest BCUT2D eigenvalue weighted by molar-refractivity contribution is -0.159. The molecule has 0 aromatic heterocycles. The molecule has 0 spiro atoms. The van der Waals surface area contributed by atoms with Crippen LogP contribution >= 0.6 is 0 Å². The average molecular weight is 526 g/mol. The van der Waals surface area contributed by atoms with Crippen LogP contribution in [0.1, 0.15) is 38.3 Å². The molecular formula is C31H37F2NO4. The van der Waals surface area contributed by atoms with Gasteiger partial charge in [0.1, 0.15) is 12.4 Å². The van der Waals surface area contributed by atoms with E-state index in [0.29, 0.717) is 17.9 Å². The van der Waals surface area contributed by atoms with Gasteiger partial charge in [-0.1, -0.05) is 87.2 Å². The molecule has 0 aliphatic carbocycles. The van der Waals surface area contributed by atoms with Crippen molar-refractivity contribution in [1.82, 2.24) is 5.32 Å². The van der Waals surface area contributed by atoms with Gasteiger partial charge < -0.3 is 14.8 Å². The van der Waals surface area contributed by atoms with E-state index < -0.39 is 30.1 Å². The number of aryl methyl sites for hydroxylation is 1. The number of benzene rings is 2. The molecular weight excluding hydrogens is 488 g/mol. The second-order valence-corrected chi connectivity index (χ2v) is 9.21. The molecule has 0 radical (unpaired) electrons. The molecule has 1 atom stereocenters. The zero-order valence-corrected chi connectivity index (χ0v) is 22.3. The zero-order chi connectivity index (χ0) is 28.0. The van der Waals surface area contributed by atoms with Crippen molar-refractivity contribution in [3.63, 3.8) is 0 Å². The number of hydrogen-bond acceptors (Lipinski definition) is 4. The minimum Gasteiger partial charge on any atom is -0.489 e. The summed E-state index contributed by atoms with van der Waals surface area (Å²) in [6.45, 7) is 9.74. The Morgan fingerprint density at radius 2 is 1.74 bits per heavy atom. The Bertz CT molecular complexity index is 1090. The Balaban J connectivity index is 1.85. The topological polar surface area (TPSA) is 64.6 Å². The van der Waals surface area contributed by atoms with E-state index in [1.165, 1.54) is 0 Å². The Hall–Kier alpha value is -3.58. The number of ether oxygens (including phenoxy) is 2. The molecule has 1 unspecified atom stereocenters. The minimum absolute atomic E-state index is 0.0334. The highest BCUT2D eigenvalue weighted by Crippen LogP contribution is 2.21. The molecule has 0 fully saturated rings. The highest BCUT2D eigenvalue weighted by Gasteiger charge is 2.47. The molecule has 2 aromatic carbocycles. The van der Waals surface area contributed by atoms with Crippen LogP contribution in [0.25, 0.3) is 0 Å². The second kappa shape index (κ2) is 15.6. The molecule has 5 nitrogen and oxygen atoms in total. The molecule has 0 aliphatic rings. The van der Waals surface area contributed by atoms with E-state index in [-0.39, 0.29) is 25.6 Å². The van der Waals surface area contributed by atoms with E-state index >= 15 is 0 Å². The number of carbonyl (C=O) groups excluding carboxylic acids is 2. The van der Waals surface area contributed by atoms with Crippen molar-refractivity contribution in [1.29, 1.82) is 0 Å². The van der Waals surface area contributed by atoms with E-state index in [1.807, 2.05) is 49.4 Å². The number of Topliss-reactive ketones (excluding diaryl/α,β-unsaturated/α-hetero) is 1.